The van der Waals surface area contributed by atoms with Crippen LogP contribution in [0.15, 0.2) is 24.3 Å². The van der Waals surface area contributed by atoms with Gasteiger partial charge < -0.3 is 15.0 Å². The summed E-state index contributed by atoms with van der Waals surface area (Å²) in [6.45, 7) is 8.45. The monoisotopic (exact) mass is 278 g/mol. The maximum atomic E-state index is 5.80. The van der Waals surface area contributed by atoms with Crippen molar-refractivity contribution >= 4 is 0 Å². The second-order valence-electron chi connectivity index (χ2n) is 5.84. The molecule has 0 saturated heterocycles. The normalized spacial score (nSPS) is 12.9. The molecule has 1 unspecified atom stereocenters. The van der Waals surface area contributed by atoms with Gasteiger partial charge in [0.15, 0.2) is 0 Å². The van der Waals surface area contributed by atoms with Crippen LogP contribution in [-0.2, 0) is 0 Å². The van der Waals surface area contributed by atoms with E-state index in [4.69, 9.17) is 4.74 Å². The minimum Gasteiger partial charge on any atom is -0.491 e. The van der Waals surface area contributed by atoms with E-state index >= 15 is 0 Å². The first-order valence-corrected chi connectivity index (χ1v) is 7.67. The number of ether oxygens (including phenoxy) is 1. The molecule has 0 saturated carbocycles. The molecule has 20 heavy (non-hydrogen) atoms. The van der Waals surface area contributed by atoms with Gasteiger partial charge in [-0.1, -0.05) is 19.1 Å². The Balaban J connectivity index is 2.77. The number of rotatable bonds is 9. The molecule has 3 nitrogen and oxygen atoms in total. The number of hydrogen-bond acceptors (Lipinski definition) is 3. The molecule has 114 valence electrons. The van der Waals surface area contributed by atoms with Gasteiger partial charge >= 0.3 is 0 Å². The lowest BCUT2D eigenvalue weighted by atomic mass is 10.0. The topological polar surface area (TPSA) is 24.5 Å². The Morgan fingerprint density at radius 1 is 1.25 bits per heavy atom. The first-order valence-electron chi connectivity index (χ1n) is 7.67. The van der Waals surface area contributed by atoms with E-state index in [1.54, 1.807) is 0 Å². The van der Waals surface area contributed by atoms with Crippen LogP contribution < -0.4 is 10.1 Å². The number of hydrogen-bond donors (Lipinski definition) is 1. The Bertz CT molecular complexity index is 377. The lowest BCUT2D eigenvalue weighted by Gasteiger charge is -2.22. The number of nitrogens with one attached hydrogen (secondary N) is 1. The van der Waals surface area contributed by atoms with E-state index in [2.05, 4.69) is 63.3 Å². The van der Waals surface area contributed by atoms with Crippen LogP contribution in [0, 0.1) is 0 Å². The molecule has 1 N–H and O–H groups in total. The number of nitrogens with zero attached hydrogens (tertiary/aromatic N) is 1. The highest BCUT2D eigenvalue weighted by molar-refractivity contribution is 5.30. The molecule has 0 aliphatic carbocycles. The Morgan fingerprint density at radius 3 is 2.60 bits per heavy atom. The molecule has 3 heteroatoms. The average molecular weight is 278 g/mol. The lowest BCUT2D eigenvalue weighted by molar-refractivity contribution is 0.242. The fraction of sp³-hybridized carbons (Fsp3) is 0.647. The summed E-state index contributed by atoms with van der Waals surface area (Å²) in [5.74, 6) is 0.964. The second-order valence-corrected chi connectivity index (χ2v) is 5.84. The Kier molecular flexibility index (Phi) is 7.63. The van der Waals surface area contributed by atoms with Gasteiger partial charge in [0, 0.05) is 6.04 Å². The van der Waals surface area contributed by atoms with Crippen molar-refractivity contribution in [3.63, 3.8) is 0 Å². The third-order valence-corrected chi connectivity index (χ3v) is 3.14. The Labute approximate surface area is 124 Å². The molecule has 0 amide bonds. The van der Waals surface area contributed by atoms with Crippen LogP contribution in [-0.4, -0.2) is 38.2 Å². The second kappa shape index (κ2) is 8.98. The largest absolute Gasteiger partial charge is 0.491 e. The molecule has 0 radical (unpaired) electrons. The Morgan fingerprint density at radius 2 is 2.00 bits per heavy atom. The molecule has 1 aromatic carbocycles. The quantitative estimate of drug-likeness (QED) is 0.748. The zero-order valence-corrected chi connectivity index (χ0v) is 13.6. The van der Waals surface area contributed by atoms with Crippen molar-refractivity contribution in [1.82, 2.24) is 10.2 Å². The van der Waals surface area contributed by atoms with Gasteiger partial charge in [-0.2, -0.15) is 0 Å². The van der Waals surface area contributed by atoms with Gasteiger partial charge in [-0.25, -0.2) is 0 Å². The molecule has 1 rings (SSSR count). The average Bonchev–Trinajstić information content (AvgIpc) is 2.38. The van der Waals surface area contributed by atoms with E-state index in [1.807, 2.05) is 6.07 Å². The predicted molar refractivity (Wildman–Crippen MR) is 86.4 cm³/mol. The summed E-state index contributed by atoms with van der Waals surface area (Å²) in [6, 6.07) is 8.88. The smallest absolute Gasteiger partial charge is 0.120 e. The minimum atomic E-state index is 0.217. The molecular formula is C17H30N2O. The van der Waals surface area contributed by atoms with Crippen LogP contribution in [0.4, 0.5) is 0 Å². The van der Waals surface area contributed by atoms with Crippen LogP contribution in [0.25, 0.3) is 0 Å². The van der Waals surface area contributed by atoms with Crippen molar-refractivity contribution in [1.29, 1.82) is 0 Å². The first-order chi connectivity index (χ1) is 9.52. The highest BCUT2D eigenvalue weighted by Gasteiger charge is 2.12. The third kappa shape index (κ3) is 6.40. The van der Waals surface area contributed by atoms with Gasteiger partial charge in [0.25, 0.3) is 0 Å². The van der Waals surface area contributed by atoms with Crippen LogP contribution >= 0.6 is 0 Å². The Hall–Kier alpha value is -1.06. The van der Waals surface area contributed by atoms with Crippen molar-refractivity contribution in [3.8, 4) is 5.75 Å². The van der Waals surface area contributed by atoms with E-state index < -0.39 is 0 Å². The van der Waals surface area contributed by atoms with Crippen molar-refractivity contribution in [3.05, 3.63) is 29.8 Å². The van der Waals surface area contributed by atoms with Crippen molar-refractivity contribution in [2.45, 2.75) is 45.8 Å². The molecular weight excluding hydrogens is 248 g/mol. The molecule has 0 fully saturated rings. The van der Waals surface area contributed by atoms with Crippen LogP contribution in [0.5, 0.6) is 5.75 Å². The summed E-state index contributed by atoms with van der Waals surface area (Å²) in [5.41, 5.74) is 1.32. The number of benzene rings is 1. The highest BCUT2D eigenvalue weighted by Crippen LogP contribution is 2.22. The van der Waals surface area contributed by atoms with Gasteiger partial charge in [0.2, 0.25) is 0 Å². The van der Waals surface area contributed by atoms with Crippen molar-refractivity contribution in [2.75, 3.05) is 27.2 Å². The lowest BCUT2D eigenvalue weighted by Crippen LogP contribution is -2.26. The standard InChI is InChI=1S/C17H30N2O/c1-6-11-18-17(10-12-19(4)5)15-8-7-9-16(13-15)20-14(2)3/h7-9,13-14,17-18H,6,10-12H2,1-5H3. The zero-order chi connectivity index (χ0) is 15.0. The molecule has 0 aliphatic heterocycles. The van der Waals surface area contributed by atoms with E-state index in [0.717, 1.165) is 31.7 Å². The van der Waals surface area contributed by atoms with Crippen LogP contribution in [0.3, 0.4) is 0 Å². The summed E-state index contributed by atoms with van der Waals surface area (Å²) in [5, 5.41) is 3.64. The molecule has 1 atom stereocenters. The summed E-state index contributed by atoms with van der Waals surface area (Å²) < 4.78 is 5.80. The van der Waals surface area contributed by atoms with Gasteiger partial charge in [-0.05, 0) is 71.6 Å². The van der Waals surface area contributed by atoms with E-state index in [-0.39, 0.29) is 6.10 Å². The van der Waals surface area contributed by atoms with E-state index in [1.165, 1.54) is 5.56 Å². The molecule has 0 heterocycles. The zero-order valence-electron chi connectivity index (χ0n) is 13.6. The summed E-state index contributed by atoms with van der Waals surface area (Å²) in [6.07, 6.45) is 2.48. The van der Waals surface area contributed by atoms with E-state index in [9.17, 15) is 0 Å². The summed E-state index contributed by atoms with van der Waals surface area (Å²) in [4.78, 5) is 2.23. The SMILES string of the molecule is CCCNC(CCN(C)C)c1cccc(OC(C)C)c1. The van der Waals surface area contributed by atoms with Crippen LogP contribution in [0.1, 0.15) is 45.2 Å². The maximum Gasteiger partial charge on any atom is 0.120 e. The molecule has 0 bridgehead atoms. The first kappa shape index (κ1) is 17.0. The van der Waals surface area contributed by atoms with Gasteiger partial charge in [-0.15, -0.1) is 0 Å². The maximum absolute atomic E-state index is 5.80. The highest BCUT2D eigenvalue weighted by atomic mass is 16.5. The fourth-order valence-corrected chi connectivity index (χ4v) is 2.17. The van der Waals surface area contributed by atoms with Gasteiger partial charge in [0.1, 0.15) is 5.75 Å². The van der Waals surface area contributed by atoms with Gasteiger partial charge in [-0.3, -0.25) is 0 Å². The molecule has 0 spiro atoms. The van der Waals surface area contributed by atoms with Crippen molar-refractivity contribution < 1.29 is 4.74 Å². The minimum absolute atomic E-state index is 0.217. The molecule has 0 aliphatic rings. The fourth-order valence-electron chi connectivity index (χ4n) is 2.17. The predicted octanol–water partition coefficient (Wildman–Crippen LogP) is 3.47. The van der Waals surface area contributed by atoms with Gasteiger partial charge in [0.05, 0.1) is 6.10 Å². The van der Waals surface area contributed by atoms with Crippen molar-refractivity contribution in [2.24, 2.45) is 0 Å². The summed E-state index contributed by atoms with van der Waals surface area (Å²) in [7, 11) is 4.24. The molecule has 1 aromatic rings. The van der Waals surface area contributed by atoms with E-state index in [0.29, 0.717) is 6.04 Å². The molecule has 0 aromatic heterocycles. The summed E-state index contributed by atoms with van der Waals surface area (Å²) >= 11 is 0. The van der Waals surface area contributed by atoms with Crippen LogP contribution in [0.2, 0.25) is 0 Å². The third-order valence-electron chi connectivity index (χ3n) is 3.14.